The van der Waals surface area contributed by atoms with Gasteiger partial charge in [-0.25, -0.2) is 0 Å². The highest BCUT2D eigenvalue weighted by atomic mass is 16.5. The smallest absolute Gasteiger partial charge is 0.161 e. The van der Waals surface area contributed by atoms with Gasteiger partial charge >= 0.3 is 0 Å². The van der Waals surface area contributed by atoms with E-state index in [-0.39, 0.29) is 5.75 Å². The molecule has 2 heteroatoms. The van der Waals surface area contributed by atoms with Gasteiger partial charge in [0.25, 0.3) is 0 Å². The maximum atomic E-state index is 9.90. The lowest BCUT2D eigenvalue weighted by Gasteiger charge is -2.10. The van der Waals surface area contributed by atoms with Crippen molar-refractivity contribution in [1.82, 2.24) is 0 Å². The van der Waals surface area contributed by atoms with Gasteiger partial charge in [-0.1, -0.05) is 77.7 Å². The molecule has 1 aromatic rings. The first-order valence-corrected chi connectivity index (χ1v) is 9.72. The summed E-state index contributed by atoms with van der Waals surface area (Å²) in [7, 11) is 0. The van der Waals surface area contributed by atoms with Crippen LogP contribution in [0.5, 0.6) is 11.5 Å². The SMILES string of the molecule is CCCCCCCCCCOc1cc(CCCCC)ccc1O. The zero-order valence-corrected chi connectivity index (χ0v) is 15.3. The lowest BCUT2D eigenvalue weighted by molar-refractivity contribution is 0.288. The first-order valence-electron chi connectivity index (χ1n) is 9.72. The summed E-state index contributed by atoms with van der Waals surface area (Å²) < 4.78 is 5.78. The molecule has 23 heavy (non-hydrogen) atoms. The molecule has 0 amide bonds. The summed E-state index contributed by atoms with van der Waals surface area (Å²) in [5, 5.41) is 9.90. The van der Waals surface area contributed by atoms with Gasteiger partial charge < -0.3 is 9.84 Å². The second kappa shape index (κ2) is 13.3. The molecule has 0 bridgehead atoms. The Morgan fingerprint density at radius 2 is 1.39 bits per heavy atom. The molecule has 0 aliphatic rings. The van der Waals surface area contributed by atoms with Crippen LogP contribution in [-0.4, -0.2) is 11.7 Å². The second-order valence-corrected chi connectivity index (χ2v) is 6.58. The van der Waals surface area contributed by atoms with Gasteiger partial charge in [-0.3, -0.25) is 0 Å². The third-order valence-corrected chi connectivity index (χ3v) is 4.35. The summed E-state index contributed by atoms with van der Waals surface area (Å²) in [6, 6.07) is 5.79. The van der Waals surface area contributed by atoms with Crippen molar-refractivity contribution in [3.05, 3.63) is 23.8 Å². The molecule has 0 fully saturated rings. The number of ether oxygens (including phenoxy) is 1. The van der Waals surface area contributed by atoms with Gasteiger partial charge in [-0.15, -0.1) is 0 Å². The first-order chi connectivity index (χ1) is 11.3. The number of phenols is 1. The molecule has 0 aliphatic carbocycles. The van der Waals surface area contributed by atoms with Crippen LogP contribution in [0.2, 0.25) is 0 Å². The van der Waals surface area contributed by atoms with Crippen molar-refractivity contribution in [3.8, 4) is 11.5 Å². The number of hydrogen-bond donors (Lipinski definition) is 1. The number of hydrogen-bond acceptors (Lipinski definition) is 2. The number of rotatable bonds is 14. The maximum Gasteiger partial charge on any atom is 0.161 e. The van der Waals surface area contributed by atoms with Gasteiger partial charge in [0, 0.05) is 0 Å². The molecule has 0 atom stereocenters. The Bertz CT molecular complexity index is 401. The van der Waals surface area contributed by atoms with Crippen LogP contribution in [0.15, 0.2) is 18.2 Å². The molecule has 0 heterocycles. The van der Waals surface area contributed by atoms with Crippen LogP contribution in [0.1, 0.15) is 90.0 Å². The van der Waals surface area contributed by atoms with Crippen molar-refractivity contribution in [3.63, 3.8) is 0 Å². The van der Waals surface area contributed by atoms with Crippen molar-refractivity contribution in [2.45, 2.75) is 90.9 Å². The molecular formula is C21H36O2. The third kappa shape index (κ3) is 9.53. The van der Waals surface area contributed by atoms with E-state index in [0.717, 1.165) is 12.8 Å². The lowest BCUT2D eigenvalue weighted by atomic mass is 10.1. The summed E-state index contributed by atoms with van der Waals surface area (Å²) in [6.45, 7) is 5.18. The van der Waals surface area contributed by atoms with Gasteiger partial charge in [0.05, 0.1) is 6.61 Å². The Kier molecular flexibility index (Phi) is 11.5. The van der Waals surface area contributed by atoms with Crippen LogP contribution in [0.25, 0.3) is 0 Å². The average molecular weight is 321 g/mol. The van der Waals surface area contributed by atoms with E-state index < -0.39 is 0 Å². The first kappa shape index (κ1) is 19.9. The number of aryl methyl sites for hydroxylation is 1. The Morgan fingerprint density at radius 3 is 2.09 bits per heavy atom. The molecule has 0 radical (unpaired) electrons. The van der Waals surface area contributed by atoms with Gasteiger partial charge in [0.15, 0.2) is 11.5 Å². The number of unbranched alkanes of at least 4 members (excludes halogenated alkanes) is 9. The van der Waals surface area contributed by atoms with E-state index in [0.29, 0.717) is 12.4 Å². The van der Waals surface area contributed by atoms with E-state index in [2.05, 4.69) is 13.8 Å². The third-order valence-electron chi connectivity index (χ3n) is 4.35. The number of aromatic hydroxyl groups is 1. The molecule has 1 aromatic carbocycles. The molecule has 0 aliphatic heterocycles. The van der Waals surface area contributed by atoms with Crippen molar-refractivity contribution >= 4 is 0 Å². The minimum absolute atomic E-state index is 0.267. The Hall–Kier alpha value is -1.18. The standard InChI is InChI=1S/C21H36O2/c1-3-5-7-8-9-10-11-13-17-23-21-18-19(14-12-6-4-2)15-16-20(21)22/h15-16,18,22H,3-14,17H2,1-2H3. The Morgan fingerprint density at radius 1 is 0.783 bits per heavy atom. The molecule has 1 N–H and O–H groups in total. The lowest BCUT2D eigenvalue weighted by Crippen LogP contribution is -1.98. The second-order valence-electron chi connectivity index (χ2n) is 6.58. The minimum atomic E-state index is 0.267. The highest BCUT2D eigenvalue weighted by molar-refractivity contribution is 5.41. The van der Waals surface area contributed by atoms with Gasteiger partial charge in [-0.2, -0.15) is 0 Å². The van der Waals surface area contributed by atoms with E-state index in [9.17, 15) is 5.11 Å². The fourth-order valence-corrected chi connectivity index (χ4v) is 2.83. The summed E-state index contributed by atoms with van der Waals surface area (Å²) in [6.07, 6.45) is 15.2. The molecule has 0 saturated carbocycles. The minimum Gasteiger partial charge on any atom is -0.504 e. The molecule has 1 rings (SSSR count). The molecule has 0 unspecified atom stereocenters. The van der Waals surface area contributed by atoms with Crippen LogP contribution in [-0.2, 0) is 6.42 Å². The summed E-state index contributed by atoms with van der Waals surface area (Å²) >= 11 is 0. The highest BCUT2D eigenvalue weighted by Crippen LogP contribution is 2.27. The monoisotopic (exact) mass is 320 g/mol. The molecule has 0 spiro atoms. The molecule has 0 aromatic heterocycles. The van der Waals surface area contributed by atoms with Crippen molar-refractivity contribution in [1.29, 1.82) is 0 Å². The average Bonchev–Trinajstić information content (AvgIpc) is 2.56. The number of phenolic OH excluding ortho intramolecular Hbond substituents is 1. The predicted octanol–water partition coefficient (Wildman–Crippen LogP) is 6.64. The van der Waals surface area contributed by atoms with Gasteiger partial charge in [-0.05, 0) is 37.0 Å². The van der Waals surface area contributed by atoms with E-state index >= 15 is 0 Å². The van der Waals surface area contributed by atoms with Crippen molar-refractivity contribution in [2.24, 2.45) is 0 Å². The highest BCUT2D eigenvalue weighted by Gasteiger charge is 2.04. The van der Waals surface area contributed by atoms with Crippen molar-refractivity contribution in [2.75, 3.05) is 6.61 Å². The quantitative estimate of drug-likeness (QED) is 0.389. The summed E-state index contributed by atoms with van der Waals surface area (Å²) in [5.74, 6) is 0.922. The molecule has 0 saturated heterocycles. The number of benzene rings is 1. The fraction of sp³-hybridized carbons (Fsp3) is 0.714. The zero-order valence-electron chi connectivity index (χ0n) is 15.3. The Labute approximate surface area is 143 Å². The van der Waals surface area contributed by atoms with E-state index in [1.165, 1.54) is 69.8 Å². The van der Waals surface area contributed by atoms with E-state index in [1.807, 2.05) is 12.1 Å². The van der Waals surface area contributed by atoms with E-state index in [1.54, 1.807) is 6.07 Å². The van der Waals surface area contributed by atoms with Crippen LogP contribution in [0, 0.1) is 0 Å². The summed E-state index contributed by atoms with van der Waals surface area (Å²) in [4.78, 5) is 0. The van der Waals surface area contributed by atoms with Crippen LogP contribution in [0.4, 0.5) is 0 Å². The topological polar surface area (TPSA) is 29.5 Å². The largest absolute Gasteiger partial charge is 0.504 e. The van der Waals surface area contributed by atoms with Crippen LogP contribution < -0.4 is 4.74 Å². The van der Waals surface area contributed by atoms with Crippen LogP contribution >= 0.6 is 0 Å². The molecule has 132 valence electrons. The maximum absolute atomic E-state index is 9.90. The normalized spacial score (nSPS) is 10.9. The Balaban J connectivity index is 2.17. The van der Waals surface area contributed by atoms with Gasteiger partial charge in [0.1, 0.15) is 0 Å². The molecular weight excluding hydrogens is 284 g/mol. The fourth-order valence-electron chi connectivity index (χ4n) is 2.83. The van der Waals surface area contributed by atoms with Crippen molar-refractivity contribution < 1.29 is 9.84 Å². The predicted molar refractivity (Wildman–Crippen MR) is 99.4 cm³/mol. The van der Waals surface area contributed by atoms with Crippen LogP contribution in [0.3, 0.4) is 0 Å². The zero-order chi connectivity index (χ0) is 16.8. The van der Waals surface area contributed by atoms with Gasteiger partial charge in [0.2, 0.25) is 0 Å². The van der Waals surface area contributed by atoms with E-state index in [4.69, 9.17) is 4.74 Å². The molecule has 2 nitrogen and oxygen atoms in total. The summed E-state index contributed by atoms with van der Waals surface area (Å²) in [5.41, 5.74) is 1.27.